The number of sulfone groups is 1. The molecule has 2 atom stereocenters. The highest BCUT2D eigenvalue weighted by molar-refractivity contribution is 9.10. The molecule has 0 amide bonds. The molecule has 9 heteroatoms. The van der Waals surface area contributed by atoms with Gasteiger partial charge in [-0.25, -0.2) is 8.42 Å². The highest BCUT2D eigenvalue weighted by Gasteiger charge is 2.48. The minimum absolute atomic E-state index is 0.0336. The van der Waals surface area contributed by atoms with E-state index in [4.69, 9.17) is 9.39 Å². The molecule has 28 heavy (non-hydrogen) atoms. The molecule has 0 unspecified atom stereocenters. The third-order valence-electron chi connectivity index (χ3n) is 5.16. The second-order valence-electron chi connectivity index (χ2n) is 7.34. The van der Waals surface area contributed by atoms with E-state index in [2.05, 4.69) is 15.9 Å². The lowest BCUT2D eigenvalue weighted by atomic mass is 9.74. The summed E-state index contributed by atoms with van der Waals surface area (Å²) >= 11 is 3.39. The number of allylic oxidation sites excluding steroid dienone is 1. The molecule has 0 aromatic heterocycles. The Labute approximate surface area is 174 Å². The van der Waals surface area contributed by atoms with Crippen LogP contribution in [-0.4, -0.2) is 56.5 Å². The Morgan fingerprint density at radius 3 is 2.93 bits per heavy atom. The van der Waals surface area contributed by atoms with Gasteiger partial charge in [0.2, 0.25) is 0 Å². The smallest absolute Gasteiger partial charge is 0.456 e. The van der Waals surface area contributed by atoms with Crippen molar-refractivity contribution in [2.75, 3.05) is 19.5 Å². The molecule has 0 radical (unpaired) electrons. The van der Waals surface area contributed by atoms with Gasteiger partial charge in [-0.15, -0.1) is 0 Å². The second kappa shape index (κ2) is 8.71. The number of hydrogen-bond acceptors (Lipinski definition) is 6. The lowest BCUT2D eigenvalue weighted by Gasteiger charge is -2.32. The molecular weight excluding hydrogens is 447 g/mol. The minimum atomic E-state index is -3.33. The average molecular weight is 471 g/mol. The largest absolute Gasteiger partial charge is 0.507 e. The van der Waals surface area contributed by atoms with Gasteiger partial charge in [-0.3, -0.25) is 0 Å². The van der Waals surface area contributed by atoms with Gasteiger partial charge >= 0.3 is 7.12 Å². The Hall–Kier alpha value is -1.13. The summed E-state index contributed by atoms with van der Waals surface area (Å²) in [6.45, 7) is 2.20. The van der Waals surface area contributed by atoms with Crippen LogP contribution in [0.2, 0.25) is 6.32 Å². The van der Waals surface area contributed by atoms with Crippen molar-refractivity contribution >= 4 is 39.0 Å². The van der Waals surface area contributed by atoms with Crippen LogP contribution in [0.4, 0.5) is 0 Å². The van der Waals surface area contributed by atoms with E-state index in [1.807, 2.05) is 19.1 Å². The van der Waals surface area contributed by atoms with Gasteiger partial charge in [0.15, 0.2) is 9.84 Å². The summed E-state index contributed by atoms with van der Waals surface area (Å²) in [5.74, 6) is 0.160. The maximum atomic E-state index is 12.5. The zero-order valence-corrected chi connectivity index (χ0v) is 18.3. The fourth-order valence-electron chi connectivity index (χ4n) is 3.92. The minimum Gasteiger partial charge on any atom is -0.507 e. The molecule has 2 N–H and O–H groups in total. The number of benzene rings is 1. The number of fused-ring (bicyclic) bond motifs is 1. The number of rotatable bonds is 6. The van der Waals surface area contributed by atoms with Crippen LogP contribution < -0.4 is 0 Å². The number of aromatic hydroxyl groups is 1. The van der Waals surface area contributed by atoms with E-state index in [9.17, 15) is 18.5 Å². The van der Waals surface area contributed by atoms with Gasteiger partial charge in [0, 0.05) is 23.5 Å². The quantitative estimate of drug-likeness (QED) is 0.490. The van der Waals surface area contributed by atoms with Crippen LogP contribution in [0, 0.1) is 0 Å². The fourth-order valence-corrected chi connectivity index (χ4v) is 6.40. The van der Waals surface area contributed by atoms with Crippen molar-refractivity contribution in [1.82, 2.24) is 0 Å². The van der Waals surface area contributed by atoms with Crippen molar-refractivity contribution in [3.63, 3.8) is 0 Å². The van der Waals surface area contributed by atoms with Crippen molar-refractivity contribution in [2.24, 2.45) is 0 Å². The molecule has 0 bridgehead atoms. The first kappa shape index (κ1) is 21.6. The van der Waals surface area contributed by atoms with Gasteiger partial charge in [-0.1, -0.05) is 27.6 Å². The van der Waals surface area contributed by atoms with Gasteiger partial charge in [0.1, 0.15) is 5.75 Å². The maximum absolute atomic E-state index is 12.5. The zero-order valence-electron chi connectivity index (χ0n) is 15.9. The number of ether oxygens (including phenoxy) is 1. The first-order chi connectivity index (χ1) is 13.2. The Kier molecular flexibility index (Phi) is 6.71. The monoisotopic (exact) mass is 470 g/mol. The van der Waals surface area contributed by atoms with E-state index >= 15 is 0 Å². The average Bonchev–Trinajstić information content (AvgIpc) is 2.87. The lowest BCUT2D eigenvalue weighted by Crippen LogP contribution is -2.42. The Morgan fingerprint density at radius 1 is 1.46 bits per heavy atom. The molecule has 1 aromatic rings. The van der Waals surface area contributed by atoms with Crippen molar-refractivity contribution in [3.8, 4) is 5.75 Å². The van der Waals surface area contributed by atoms with Gasteiger partial charge in [-0.2, -0.15) is 0 Å². The van der Waals surface area contributed by atoms with Gasteiger partial charge in [0.05, 0.1) is 23.7 Å². The van der Waals surface area contributed by atoms with E-state index < -0.39 is 28.3 Å². The Morgan fingerprint density at radius 2 is 2.21 bits per heavy atom. The van der Waals surface area contributed by atoms with Gasteiger partial charge in [0.25, 0.3) is 0 Å². The predicted molar refractivity (Wildman–Crippen MR) is 113 cm³/mol. The second-order valence-corrected chi connectivity index (χ2v) is 10.4. The van der Waals surface area contributed by atoms with Crippen LogP contribution >= 0.6 is 15.9 Å². The predicted octanol–water partition coefficient (Wildman–Crippen LogP) is 2.96. The SMILES string of the molecule is COCC1=C2[C@@H](CC/C(C)=C/c3cc(Br)ccc3O)OB(O)C[C@@H]2S(=O)(=O)C1. The third kappa shape index (κ3) is 4.71. The highest BCUT2D eigenvalue weighted by Crippen LogP contribution is 2.39. The van der Waals surface area contributed by atoms with E-state index in [0.717, 1.165) is 21.2 Å². The number of phenols is 1. The van der Waals surface area contributed by atoms with Crippen LogP contribution in [0.5, 0.6) is 5.75 Å². The molecular formula is C19H24BBrO6S. The van der Waals surface area contributed by atoms with Crippen LogP contribution in [0.1, 0.15) is 25.3 Å². The topological polar surface area (TPSA) is 93.1 Å². The van der Waals surface area contributed by atoms with Crippen LogP contribution in [0.3, 0.4) is 0 Å². The first-order valence-corrected chi connectivity index (χ1v) is 11.6. The van der Waals surface area contributed by atoms with Gasteiger partial charge in [-0.05, 0) is 49.1 Å². The molecule has 3 rings (SSSR count). The molecule has 2 aliphatic rings. The highest BCUT2D eigenvalue weighted by atomic mass is 79.9. The van der Waals surface area contributed by atoms with E-state index in [1.165, 1.54) is 0 Å². The van der Waals surface area contributed by atoms with Crippen molar-refractivity contribution in [3.05, 3.63) is 45.0 Å². The third-order valence-corrected chi connectivity index (χ3v) is 7.72. The van der Waals surface area contributed by atoms with E-state index in [-0.39, 0.29) is 24.4 Å². The summed E-state index contributed by atoms with van der Waals surface area (Å²) in [6.07, 6.45) is 2.69. The first-order valence-electron chi connectivity index (χ1n) is 9.12. The van der Waals surface area contributed by atoms with Gasteiger partial charge < -0.3 is 19.5 Å². The number of methoxy groups -OCH3 is 1. The summed E-state index contributed by atoms with van der Waals surface area (Å²) in [4.78, 5) is 0. The van der Waals surface area contributed by atoms with Crippen LogP contribution in [0.15, 0.2) is 39.4 Å². The maximum Gasteiger partial charge on any atom is 0.456 e. The summed E-state index contributed by atoms with van der Waals surface area (Å²) in [6, 6.07) is 5.22. The zero-order chi connectivity index (χ0) is 20.5. The molecule has 0 saturated carbocycles. The van der Waals surface area contributed by atoms with E-state index in [0.29, 0.717) is 18.4 Å². The standard InChI is InChI=1S/C19H24BBrO6S/c1-12(7-13-8-15(21)4-5-16(13)22)3-6-17-19-14(10-26-2)11-28(24,25)18(19)9-20(23)27-17/h4-5,7-8,17-18,22-23H,3,6,9-11H2,1-2H3/b12-7+/t17-,18+/m1/s1. The molecule has 2 aliphatic heterocycles. The normalized spacial score (nSPS) is 24.6. The molecule has 1 saturated heterocycles. The molecule has 0 aliphatic carbocycles. The fraction of sp³-hybridized carbons (Fsp3) is 0.474. The van der Waals surface area contributed by atoms with Crippen LogP contribution in [-0.2, 0) is 19.2 Å². The summed E-state index contributed by atoms with van der Waals surface area (Å²) in [7, 11) is -2.88. The van der Waals surface area contributed by atoms with E-state index in [1.54, 1.807) is 19.2 Å². The lowest BCUT2D eigenvalue weighted by molar-refractivity contribution is 0.166. The van der Waals surface area contributed by atoms with Crippen molar-refractivity contribution in [1.29, 1.82) is 0 Å². The molecule has 152 valence electrons. The van der Waals surface area contributed by atoms with Crippen molar-refractivity contribution < 1.29 is 27.9 Å². The molecule has 0 spiro atoms. The summed E-state index contributed by atoms with van der Waals surface area (Å²) in [5.41, 5.74) is 3.22. The number of hydrogen-bond donors (Lipinski definition) is 2. The number of phenolic OH excluding ortho intramolecular Hbond substituents is 1. The van der Waals surface area contributed by atoms with Crippen molar-refractivity contribution in [2.45, 2.75) is 37.4 Å². The molecule has 1 fully saturated rings. The Bertz CT molecular complexity index is 911. The van der Waals surface area contributed by atoms with Crippen LogP contribution in [0.25, 0.3) is 6.08 Å². The molecule has 1 aromatic carbocycles. The molecule has 6 nitrogen and oxygen atoms in total. The molecule has 2 heterocycles. The summed E-state index contributed by atoms with van der Waals surface area (Å²) < 4.78 is 36.8. The summed E-state index contributed by atoms with van der Waals surface area (Å²) in [5, 5.41) is 19.4. The Balaban J connectivity index is 1.79. The number of halogens is 1.